The first-order valence-corrected chi connectivity index (χ1v) is 9.04. The number of halogens is 2. The van der Waals surface area contributed by atoms with E-state index in [9.17, 15) is 4.39 Å². The van der Waals surface area contributed by atoms with Crippen LogP contribution in [0.4, 0.5) is 4.39 Å². The molecule has 0 aliphatic rings. The fraction of sp³-hybridized carbons (Fsp3) is 0.389. The van der Waals surface area contributed by atoms with Crippen LogP contribution in [0, 0.1) is 5.82 Å². The summed E-state index contributed by atoms with van der Waals surface area (Å²) in [5.41, 5.74) is 2.64. The number of H-pyrrole nitrogens is 1. The maximum absolute atomic E-state index is 14.2. The molecule has 6 nitrogen and oxygen atoms in total. The molecule has 26 heavy (non-hydrogen) atoms. The van der Waals surface area contributed by atoms with Crippen LogP contribution in [-0.4, -0.2) is 45.0 Å². The molecule has 138 valence electrons. The van der Waals surface area contributed by atoms with Crippen molar-refractivity contribution in [2.75, 3.05) is 19.7 Å². The van der Waals surface area contributed by atoms with Crippen molar-refractivity contribution in [3.8, 4) is 11.3 Å². The summed E-state index contributed by atoms with van der Waals surface area (Å²) < 4.78 is 14.2. The predicted octanol–water partition coefficient (Wildman–Crippen LogP) is 3.11. The van der Waals surface area contributed by atoms with Gasteiger partial charge in [-0.25, -0.2) is 14.4 Å². The van der Waals surface area contributed by atoms with E-state index in [2.05, 4.69) is 25.5 Å². The molecule has 0 aliphatic carbocycles. The minimum Gasteiger partial charge on any atom is -0.396 e. The Balaban J connectivity index is 1.65. The third-order valence-corrected chi connectivity index (χ3v) is 4.38. The van der Waals surface area contributed by atoms with E-state index < -0.39 is 5.82 Å². The Morgan fingerprint density at radius 3 is 2.88 bits per heavy atom. The molecular formula is C18H21ClFN5O. The van der Waals surface area contributed by atoms with Crippen LogP contribution < -0.4 is 5.32 Å². The van der Waals surface area contributed by atoms with Gasteiger partial charge >= 0.3 is 0 Å². The second-order valence-corrected chi connectivity index (χ2v) is 6.43. The Labute approximate surface area is 155 Å². The molecule has 8 heteroatoms. The van der Waals surface area contributed by atoms with Crippen molar-refractivity contribution in [1.29, 1.82) is 0 Å². The zero-order chi connectivity index (χ0) is 18.4. The third-order valence-electron chi connectivity index (χ3n) is 4.08. The second kappa shape index (κ2) is 9.02. The van der Waals surface area contributed by atoms with E-state index in [0.717, 1.165) is 44.5 Å². The van der Waals surface area contributed by atoms with Gasteiger partial charge in [0.1, 0.15) is 5.52 Å². The minimum absolute atomic E-state index is 0.0568. The van der Waals surface area contributed by atoms with Crippen molar-refractivity contribution in [3.63, 3.8) is 0 Å². The van der Waals surface area contributed by atoms with E-state index in [1.165, 1.54) is 6.07 Å². The molecule has 0 atom stereocenters. The van der Waals surface area contributed by atoms with Crippen molar-refractivity contribution >= 4 is 22.8 Å². The standard InChI is InChI=1S/C18H21ClFN5O/c19-14-7-3-6-13(15(14)20)16-17-18(25-24-16)23-12(11-22-17)5-4-9-21-8-1-2-10-26/h3,6-7,11,21,26H,1-2,4-5,8-10H2,(H,23,24,25). The quantitative estimate of drug-likeness (QED) is 0.499. The normalized spacial score (nSPS) is 11.3. The lowest BCUT2D eigenvalue weighted by Gasteiger charge is -2.04. The molecule has 0 unspecified atom stereocenters. The summed E-state index contributed by atoms with van der Waals surface area (Å²) in [6.07, 6.45) is 5.21. The van der Waals surface area contributed by atoms with Crippen molar-refractivity contribution in [3.05, 3.63) is 40.9 Å². The summed E-state index contributed by atoms with van der Waals surface area (Å²) in [6, 6.07) is 4.82. The summed E-state index contributed by atoms with van der Waals surface area (Å²) in [5.74, 6) is -0.502. The number of aliphatic hydroxyl groups is 1. The van der Waals surface area contributed by atoms with Gasteiger partial charge in [0.25, 0.3) is 0 Å². The molecule has 2 heterocycles. The lowest BCUT2D eigenvalue weighted by atomic mass is 10.1. The van der Waals surface area contributed by atoms with E-state index in [-0.39, 0.29) is 11.6 Å². The molecule has 3 N–H and O–H groups in total. The maximum Gasteiger partial charge on any atom is 0.200 e. The predicted molar refractivity (Wildman–Crippen MR) is 99.6 cm³/mol. The summed E-state index contributed by atoms with van der Waals surface area (Å²) in [6.45, 7) is 2.02. The fourth-order valence-electron chi connectivity index (χ4n) is 2.72. The van der Waals surface area contributed by atoms with Gasteiger partial charge in [-0.2, -0.15) is 5.10 Å². The third kappa shape index (κ3) is 4.35. The first kappa shape index (κ1) is 18.7. The van der Waals surface area contributed by atoms with E-state index in [1.54, 1.807) is 18.3 Å². The first-order valence-electron chi connectivity index (χ1n) is 8.66. The number of rotatable bonds is 9. The molecule has 0 fully saturated rings. The lowest BCUT2D eigenvalue weighted by molar-refractivity contribution is 0.283. The maximum atomic E-state index is 14.2. The van der Waals surface area contributed by atoms with E-state index >= 15 is 0 Å². The average molecular weight is 378 g/mol. The van der Waals surface area contributed by atoms with Crippen molar-refractivity contribution in [2.45, 2.75) is 25.7 Å². The summed E-state index contributed by atoms with van der Waals surface area (Å²) in [5, 5.41) is 19.1. The summed E-state index contributed by atoms with van der Waals surface area (Å²) in [7, 11) is 0. The number of fused-ring (bicyclic) bond motifs is 1. The number of nitrogens with one attached hydrogen (secondary N) is 2. The molecule has 3 aromatic rings. The largest absolute Gasteiger partial charge is 0.396 e. The number of nitrogens with zero attached hydrogens (tertiary/aromatic N) is 3. The van der Waals surface area contributed by atoms with E-state index in [0.29, 0.717) is 22.4 Å². The highest BCUT2D eigenvalue weighted by Crippen LogP contribution is 2.29. The SMILES string of the molecule is OCCCCNCCCc1cnc2c(-c3cccc(Cl)c3F)[nH]nc2n1. The highest BCUT2D eigenvalue weighted by molar-refractivity contribution is 6.31. The molecule has 0 aliphatic heterocycles. The van der Waals surface area contributed by atoms with Crippen LogP contribution in [-0.2, 0) is 6.42 Å². The van der Waals surface area contributed by atoms with Gasteiger partial charge in [0.2, 0.25) is 5.65 Å². The highest BCUT2D eigenvalue weighted by atomic mass is 35.5. The topological polar surface area (TPSA) is 86.7 Å². The van der Waals surface area contributed by atoms with Gasteiger partial charge in [-0.15, -0.1) is 0 Å². The monoisotopic (exact) mass is 377 g/mol. The molecule has 0 saturated carbocycles. The smallest absolute Gasteiger partial charge is 0.200 e. The number of hydrogen-bond donors (Lipinski definition) is 3. The van der Waals surface area contributed by atoms with E-state index in [4.69, 9.17) is 16.7 Å². The van der Waals surface area contributed by atoms with Crippen LogP contribution in [0.3, 0.4) is 0 Å². The van der Waals surface area contributed by atoms with Crippen LogP contribution in [0.15, 0.2) is 24.4 Å². The van der Waals surface area contributed by atoms with Gasteiger partial charge in [0.15, 0.2) is 5.82 Å². The van der Waals surface area contributed by atoms with Crippen molar-refractivity contribution in [1.82, 2.24) is 25.5 Å². The van der Waals surface area contributed by atoms with Crippen LogP contribution in [0.1, 0.15) is 25.0 Å². The Hall–Kier alpha value is -2.09. The summed E-state index contributed by atoms with van der Waals surface area (Å²) in [4.78, 5) is 8.91. The molecule has 2 aromatic heterocycles. The number of hydrogen-bond acceptors (Lipinski definition) is 5. The molecule has 1 aromatic carbocycles. The minimum atomic E-state index is -0.502. The first-order chi connectivity index (χ1) is 12.7. The Morgan fingerprint density at radius 1 is 1.19 bits per heavy atom. The van der Waals surface area contributed by atoms with Gasteiger partial charge in [0, 0.05) is 18.4 Å². The number of aryl methyl sites for hydroxylation is 1. The van der Waals surface area contributed by atoms with Crippen molar-refractivity contribution < 1.29 is 9.50 Å². The summed E-state index contributed by atoms with van der Waals surface area (Å²) >= 11 is 5.85. The Bertz CT molecular complexity index is 870. The van der Waals surface area contributed by atoms with Gasteiger partial charge < -0.3 is 10.4 Å². The molecule has 0 spiro atoms. The number of aromatic amines is 1. The number of aromatic nitrogens is 4. The highest BCUT2D eigenvalue weighted by Gasteiger charge is 2.16. The molecule has 0 saturated heterocycles. The lowest BCUT2D eigenvalue weighted by Crippen LogP contribution is -2.17. The zero-order valence-corrected chi connectivity index (χ0v) is 15.1. The Morgan fingerprint density at radius 2 is 2.04 bits per heavy atom. The number of benzene rings is 1. The van der Waals surface area contributed by atoms with Gasteiger partial charge in [-0.1, -0.05) is 17.7 Å². The number of unbranched alkanes of at least 4 members (excludes halogenated alkanes) is 1. The Kier molecular flexibility index (Phi) is 6.49. The number of aliphatic hydroxyl groups excluding tert-OH is 1. The molecule has 0 amide bonds. The zero-order valence-electron chi connectivity index (χ0n) is 14.3. The molecular weight excluding hydrogens is 357 g/mol. The fourth-order valence-corrected chi connectivity index (χ4v) is 2.89. The van der Waals surface area contributed by atoms with E-state index in [1.807, 2.05) is 0 Å². The van der Waals surface area contributed by atoms with Crippen LogP contribution in [0.2, 0.25) is 5.02 Å². The van der Waals surface area contributed by atoms with Gasteiger partial charge in [-0.3, -0.25) is 5.10 Å². The van der Waals surface area contributed by atoms with Crippen molar-refractivity contribution in [2.24, 2.45) is 0 Å². The molecule has 0 radical (unpaired) electrons. The van der Waals surface area contributed by atoms with Crippen LogP contribution in [0.5, 0.6) is 0 Å². The van der Waals surface area contributed by atoms with Gasteiger partial charge in [-0.05, 0) is 50.9 Å². The average Bonchev–Trinajstić information content (AvgIpc) is 3.06. The molecule has 3 rings (SSSR count). The van der Waals surface area contributed by atoms with Crippen LogP contribution in [0.25, 0.3) is 22.4 Å². The van der Waals surface area contributed by atoms with Crippen LogP contribution >= 0.6 is 11.6 Å². The van der Waals surface area contributed by atoms with Gasteiger partial charge in [0.05, 0.1) is 16.4 Å². The molecule has 0 bridgehead atoms. The second-order valence-electron chi connectivity index (χ2n) is 6.02.